The number of phenolic OH excluding ortho intramolecular Hbond substituents is 1. The highest BCUT2D eigenvalue weighted by Gasteiger charge is 2.19. The molecule has 41 heavy (non-hydrogen) atoms. The van der Waals surface area contributed by atoms with E-state index in [9.17, 15) is 9.90 Å². The van der Waals surface area contributed by atoms with Crippen LogP contribution in [-0.2, 0) is 0 Å². The van der Waals surface area contributed by atoms with E-state index >= 15 is 0 Å². The first kappa shape index (κ1) is 25.7. The number of aromatic hydroxyl groups is 1. The lowest BCUT2D eigenvalue weighted by molar-refractivity contribution is 0.102. The molecule has 1 aromatic heterocycles. The van der Waals surface area contributed by atoms with Crippen LogP contribution in [0.3, 0.4) is 0 Å². The molecule has 0 aliphatic heterocycles. The van der Waals surface area contributed by atoms with Crippen LogP contribution in [0.1, 0.15) is 21.5 Å². The fourth-order valence-electron chi connectivity index (χ4n) is 4.75. The second-order valence-corrected chi connectivity index (χ2v) is 9.87. The number of hydrogen-bond acceptors (Lipinski definition) is 5. The third-order valence-electron chi connectivity index (χ3n) is 7.04. The molecular formula is C34H27N5O2. The number of nitrogens with zero attached hydrogens (tertiary/aromatic N) is 3. The zero-order valence-corrected chi connectivity index (χ0v) is 22.6. The Bertz CT molecular complexity index is 1910. The molecule has 7 heteroatoms. The summed E-state index contributed by atoms with van der Waals surface area (Å²) in [6.07, 6.45) is 1.88. The van der Waals surface area contributed by atoms with Gasteiger partial charge in [-0.1, -0.05) is 84.4 Å². The Kier molecular flexibility index (Phi) is 6.83. The number of H-pyrrole nitrogens is 1. The van der Waals surface area contributed by atoms with Gasteiger partial charge in [-0.3, -0.25) is 9.89 Å². The topological polar surface area (TPSA) is 103 Å². The third-order valence-corrected chi connectivity index (χ3v) is 7.04. The summed E-state index contributed by atoms with van der Waals surface area (Å²) in [6.45, 7) is 3.97. The third kappa shape index (κ3) is 5.21. The van der Waals surface area contributed by atoms with Crippen molar-refractivity contribution in [3.63, 3.8) is 0 Å². The molecule has 0 radical (unpaired) electrons. The average Bonchev–Trinajstić information content (AvgIpc) is 3.48. The van der Waals surface area contributed by atoms with Gasteiger partial charge in [0.2, 0.25) is 0 Å². The molecule has 7 nitrogen and oxygen atoms in total. The maximum absolute atomic E-state index is 13.2. The molecule has 0 atom stereocenters. The van der Waals surface area contributed by atoms with Crippen molar-refractivity contribution in [3.05, 3.63) is 126 Å². The van der Waals surface area contributed by atoms with E-state index in [1.54, 1.807) is 6.07 Å². The quantitative estimate of drug-likeness (QED) is 0.185. The van der Waals surface area contributed by atoms with Crippen LogP contribution < -0.4 is 5.32 Å². The van der Waals surface area contributed by atoms with Crippen molar-refractivity contribution in [1.29, 1.82) is 0 Å². The fourth-order valence-corrected chi connectivity index (χ4v) is 4.75. The number of benzene rings is 5. The van der Waals surface area contributed by atoms with Gasteiger partial charge in [-0.25, -0.2) is 0 Å². The normalized spacial score (nSPS) is 11.3. The number of rotatable bonds is 6. The summed E-state index contributed by atoms with van der Waals surface area (Å²) >= 11 is 0. The van der Waals surface area contributed by atoms with Gasteiger partial charge in [0.1, 0.15) is 5.69 Å². The fraction of sp³-hybridized carbons (Fsp3) is 0.0588. The van der Waals surface area contributed by atoms with Gasteiger partial charge in [0.05, 0.1) is 16.9 Å². The van der Waals surface area contributed by atoms with Gasteiger partial charge in [-0.15, -0.1) is 5.11 Å². The number of fused-ring (bicyclic) bond motifs is 1. The standard InChI is InChI=1S/C34H27N5O2/c1-21-11-13-24(14-12-21)31-29(20-35-38-31)23-15-17-26(18-16-23)37-39-32-27-9-5-4-8-25(27)19-28(33(32)40)34(41)36-30-10-6-3-7-22(30)2/h3-20,40H,1-2H3,(H,35,38)(H,36,41). The molecule has 0 bridgehead atoms. The zero-order valence-electron chi connectivity index (χ0n) is 22.6. The van der Waals surface area contributed by atoms with E-state index in [-0.39, 0.29) is 17.0 Å². The lowest BCUT2D eigenvalue weighted by atomic mass is 10.0. The summed E-state index contributed by atoms with van der Waals surface area (Å²) in [5.74, 6) is -0.649. The van der Waals surface area contributed by atoms with Crippen molar-refractivity contribution in [2.24, 2.45) is 10.2 Å². The average molecular weight is 538 g/mol. The molecule has 0 aliphatic carbocycles. The van der Waals surface area contributed by atoms with Crippen LogP contribution in [0.5, 0.6) is 5.75 Å². The highest BCUT2D eigenvalue weighted by molar-refractivity contribution is 6.12. The molecule has 6 aromatic rings. The number of hydrogen-bond donors (Lipinski definition) is 3. The molecule has 3 N–H and O–H groups in total. The van der Waals surface area contributed by atoms with Crippen LogP contribution in [0.2, 0.25) is 0 Å². The van der Waals surface area contributed by atoms with E-state index in [1.165, 1.54) is 5.56 Å². The SMILES string of the molecule is Cc1ccc(-c2n[nH]cc2-c2ccc(N=Nc3c(O)c(C(=O)Nc4ccccc4C)cc4ccccc34)cc2)cc1. The molecule has 6 rings (SSSR count). The highest BCUT2D eigenvalue weighted by atomic mass is 16.3. The Hall–Kier alpha value is -5.56. The summed E-state index contributed by atoms with van der Waals surface area (Å²) in [4.78, 5) is 13.2. The van der Waals surface area contributed by atoms with Crippen LogP contribution in [0.15, 0.2) is 120 Å². The van der Waals surface area contributed by atoms with Crippen LogP contribution in [0.25, 0.3) is 33.2 Å². The second kappa shape index (κ2) is 10.9. The van der Waals surface area contributed by atoms with E-state index in [2.05, 4.69) is 56.9 Å². The van der Waals surface area contributed by atoms with E-state index < -0.39 is 5.91 Å². The minimum Gasteiger partial charge on any atom is -0.505 e. The minimum absolute atomic E-state index is 0.125. The molecule has 200 valence electrons. The van der Waals surface area contributed by atoms with Crippen molar-refractivity contribution in [2.45, 2.75) is 13.8 Å². The maximum Gasteiger partial charge on any atom is 0.259 e. The maximum atomic E-state index is 13.2. The minimum atomic E-state index is -0.423. The van der Waals surface area contributed by atoms with Gasteiger partial charge in [0.15, 0.2) is 5.75 Å². The number of para-hydroxylation sites is 1. The van der Waals surface area contributed by atoms with Crippen LogP contribution in [0, 0.1) is 13.8 Å². The van der Waals surface area contributed by atoms with Crippen molar-refractivity contribution in [1.82, 2.24) is 10.2 Å². The van der Waals surface area contributed by atoms with Gasteiger partial charge >= 0.3 is 0 Å². The number of aryl methyl sites for hydroxylation is 2. The van der Waals surface area contributed by atoms with Gasteiger partial charge in [-0.2, -0.15) is 10.2 Å². The summed E-state index contributed by atoms with van der Waals surface area (Å²) < 4.78 is 0. The number of anilines is 1. The highest BCUT2D eigenvalue weighted by Crippen LogP contribution is 2.40. The van der Waals surface area contributed by atoms with Gasteiger partial charge < -0.3 is 10.4 Å². The Balaban J connectivity index is 1.31. The molecule has 5 aromatic carbocycles. The lowest BCUT2D eigenvalue weighted by Gasteiger charge is -2.12. The number of amides is 1. The number of carbonyl (C=O) groups is 1. The first-order valence-corrected chi connectivity index (χ1v) is 13.2. The van der Waals surface area contributed by atoms with Crippen LogP contribution in [-0.4, -0.2) is 21.2 Å². The predicted octanol–water partition coefficient (Wildman–Crippen LogP) is 8.89. The molecule has 0 unspecified atom stereocenters. The number of aromatic amines is 1. The van der Waals surface area contributed by atoms with E-state index in [4.69, 9.17) is 0 Å². The number of carbonyl (C=O) groups excluding carboxylic acids is 1. The Morgan fingerprint density at radius 1 is 0.829 bits per heavy atom. The van der Waals surface area contributed by atoms with E-state index in [1.807, 2.05) is 85.9 Å². The largest absolute Gasteiger partial charge is 0.505 e. The number of aromatic nitrogens is 2. The van der Waals surface area contributed by atoms with E-state index in [0.717, 1.165) is 33.3 Å². The Labute approximate surface area is 237 Å². The molecule has 1 amide bonds. The van der Waals surface area contributed by atoms with Crippen molar-refractivity contribution < 1.29 is 9.90 Å². The van der Waals surface area contributed by atoms with E-state index in [0.29, 0.717) is 16.8 Å². The smallest absolute Gasteiger partial charge is 0.259 e. The molecule has 0 saturated heterocycles. The molecule has 0 fully saturated rings. The summed E-state index contributed by atoms with van der Waals surface area (Å²) in [5, 5.41) is 31.8. The molecule has 0 aliphatic rings. The zero-order chi connectivity index (χ0) is 28.3. The number of phenols is 1. The van der Waals surface area contributed by atoms with Gasteiger partial charge in [-0.05, 0) is 54.6 Å². The van der Waals surface area contributed by atoms with Crippen molar-refractivity contribution in [3.8, 4) is 28.1 Å². The van der Waals surface area contributed by atoms with Gasteiger partial charge in [0.25, 0.3) is 5.91 Å². The lowest BCUT2D eigenvalue weighted by Crippen LogP contribution is -2.13. The first-order chi connectivity index (χ1) is 20.0. The van der Waals surface area contributed by atoms with Crippen molar-refractivity contribution in [2.75, 3.05) is 5.32 Å². The van der Waals surface area contributed by atoms with Crippen LogP contribution in [0.4, 0.5) is 17.1 Å². The monoisotopic (exact) mass is 537 g/mol. The first-order valence-electron chi connectivity index (χ1n) is 13.2. The Morgan fingerprint density at radius 2 is 1.54 bits per heavy atom. The van der Waals surface area contributed by atoms with Gasteiger partial charge in [0, 0.05) is 28.4 Å². The molecular weight excluding hydrogens is 510 g/mol. The second-order valence-electron chi connectivity index (χ2n) is 9.87. The number of nitrogens with one attached hydrogen (secondary N) is 2. The predicted molar refractivity (Wildman–Crippen MR) is 163 cm³/mol. The summed E-state index contributed by atoms with van der Waals surface area (Å²) in [6, 6.07) is 32.5. The summed E-state index contributed by atoms with van der Waals surface area (Å²) in [7, 11) is 0. The van der Waals surface area contributed by atoms with Crippen molar-refractivity contribution >= 4 is 33.7 Å². The van der Waals surface area contributed by atoms with Crippen LogP contribution >= 0.6 is 0 Å². The molecule has 0 spiro atoms. The molecule has 0 saturated carbocycles. The molecule has 1 heterocycles. The number of azo groups is 1. The Morgan fingerprint density at radius 3 is 2.32 bits per heavy atom. The summed E-state index contributed by atoms with van der Waals surface area (Å²) in [5.41, 5.74) is 7.62.